The molecule has 0 aliphatic carbocycles. The first kappa shape index (κ1) is 19.4. The summed E-state index contributed by atoms with van der Waals surface area (Å²) in [5.41, 5.74) is 1.48. The number of piperidine rings is 1. The molecule has 0 aromatic heterocycles. The molecule has 1 amide bonds. The molecule has 4 nitrogen and oxygen atoms in total. The van der Waals surface area contributed by atoms with Crippen LogP contribution in [-0.2, 0) is 20.5 Å². The quantitative estimate of drug-likeness (QED) is 0.777. The van der Waals surface area contributed by atoms with Gasteiger partial charge in [-0.25, -0.2) is 0 Å². The second kappa shape index (κ2) is 7.36. The summed E-state index contributed by atoms with van der Waals surface area (Å²) >= 11 is 0. The minimum absolute atomic E-state index is 0.264. The Balaban J connectivity index is 1.66. The lowest BCUT2D eigenvalue weighted by Crippen LogP contribution is -2.41. The number of nitrogens with zero attached hydrogens (tertiary/aromatic N) is 1. The molecule has 1 aromatic rings. The van der Waals surface area contributed by atoms with Crippen LogP contribution < -0.4 is 5.46 Å². The minimum Gasteiger partial charge on any atom is -0.399 e. The Kier molecular flexibility index (Phi) is 5.50. The summed E-state index contributed by atoms with van der Waals surface area (Å²) in [6.07, 6.45) is 3.52. The van der Waals surface area contributed by atoms with Crippen molar-refractivity contribution in [3.8, 4) is 0 Å². The average molecular weight is 357 g/mol. The minimum atomic E-state index is -0.373. The molecule has 2 heterocycles. The molecule has 3 rings (SSSR count). The van der Waals surface area contributed by atoms with E-state index in [1.54, 1.807) is 0 Å². The number of hydrogen-bond donors (Lipinski definition) is 0. The van der Waals surface area contributed by atoms with Crippen molar-refractivity contribution in [3.63, 3.8) is 0 Å². The maximum atomic E-state index is 12.6. The molecule has 0 atom stereocenters. The van der Waals surface area contributed by atoms with Gasteiger partial charge in [0.15, 0.2) is 0 Å². The van der Waals surface area contributed by atoms with E-state index in [0.717, 1.165) is 49.3 Å². The van der Waals surface area contributed by atoms with Crippen LogP contribution in [0.2, 0.25) is 0 Å². The zero-order valence-corrected chi connectivity index (χ0v) is 16.9. The Morgan fingerprint density at radius 3 is 2.31 bits per heavy atom. The van der Waals surface area contributed by atoms with Crippen molar-refractivity contribution < 1.29 is 14.1 Å². The molecule has 0 bridgehead atoms. The lowest BCUT2D eigenvalue weighted by Gasteiger charge is -2.32. The standard InChI is InChI=1S/C21H32BNO3/c1-16-12-14-23(15-13-16)19(24)11-10-17-8-6-7-9-18(17)22-25-20(2,3)21(4,5)26-22/h6-9,16H,10-15H2,1-5H3. The monoisotopic (exact) mass is 357 g/mol. The van der Waals surface area contributed by atoms with Gasteiger partial charge in [0.1, 0.15) is 0 Å². The summed E-state index contributed by atoms with van der Waals surface area (Å²) in [7, 11) is -0.373. The van der Waals surface area contributed by atoms with Gasteiger partial charge in [0.25, 0.3) is 0 Å². The number of benzene rings is 1. The fourth-order valence-corrected chi connectivity index (χ4v) is 3.62. The number of carbonyl (C=O) groups excluding carboxylic acids is 1. The van der Waals surface area contributed by atoms with E-state index in [2.05, 4.69) is 46.8 Å². The highest BCUT2D eigenvalue weighted by atomic mass is 16.7. The SMILES string of the molecule is CC1CCN(C(=O)CCc2ccccc2B2OC(C)(C)C(C)(C)O2)CC1. The molecule has 0 unspecified atom stereocenters. The third-order valence-electron chi connectivity index (χ3n) is 6.31. The summed E-state index contributed by atoms with van der Waals surface area (Å²) in [5, 5.41) is 0. The fraction of sp³-hybridized carbons (Fsp3) is 0.667. The van der Waals surface area contributed by atoms with E-state index in [4.69, 9.17) is 9.31 Å². The van der Waals surface area contributed by atoms with Gasteiger partial charge < -0.3 is 14.2 Å². The van der Waals surface area contributed by atoms with Gasteiger partial charge in [-0.3, -0.25) is 4.79 Å². The molecule has 2 fully saturated rings. The molecule has 5 heteroatoms. The van der Waals surface area contributed by atoms with Gasteiger partial charge in [0.2, 0.25) is 5.91 Å². The third kappa shape index (κ3) is 3.99. The van der Waals surface area contributed by atoms with Crippen molar-refractivity contribution >= 4 is 18.5 Å². The predicted octanol–water partition coefficient (Wildman–Crippen LogP) is 3.18. The van der Waals surface area contributed by atoms with Gasteiger partial charge >= 0.3 is 7.12 Å². The van der Waals surface area contributed by atoms with E-state index < -0.39 is 0 Å². The van der Waals surface area contributed by atoms with E-state index in [-0.39, 0.29) is 24.2 Å². The maximum Gasteiger partial charge on any atom is 0.495 e. The zero-order valence-electron chi connectivity index (χ0n) is 16.9. The van der Waals surface area contributed by atoms with Gasteiger partial charge in [-0.05, 0) is 63.9 Å². The highest BCUT2D eigenvalue weighted by molar-refractivity contribution is 6.62. The van der Waals surface area contributed by atoms with E-state index >= 15 is 0 Å². The second-order valence-corrected chi connectivity index (χ2v) is 8.85. The van der Waals surface area contributed by atoms with Crippen LogP contribution in [0.25, 0.3) is 0 Å². The van der Waals surface area contributed by atoms with E-state index in [0.29, 0.717) is 6.42 Å². The fourth-order valence-electron chi connectivity index (χ4n) is 3.62. The van der Waals surface area contributed by atoms with Crippen LogP contribution in [0.4, 0.5) is 0 Å². The predicted molar refractivity (Wildman–Crippen MR) is 105 cm³/mol. The summed E-state index contributed by atoms with van der Waals surface area (Å²) in [5.74, 6) is 1.00. The van der Waals surface area contributed by atoms with Crippen LogP contribution in [0.5, 0.6) is 0 Å². The van der Waals surface area contributed by atoms with Crippen LogP contribution in [0.3, 0.4) is 0 Å². The van der Waals surface area contributed by atoms with E-state index in [9.17, 15) is 4.79 Å². The molecule has 0 spiro atoms. The number of likely N-dealkylation sites (tertiary alicyclic amines) is 1. The second-order valence-electron chi connectivity index (χ2n) is 8.85. The first-order valence-electron chi connectivity index (χ1n) is 9.91. The molecule has 0 N–H and O–H groups in total. The molecule has 1 aromatic carbocycles. The first-order valence-corrected chi connectivity index (χ1v) is 9.91. The molecular formula is C21H32BNO3. The van der Waals surface area contributed by atoms with Crippen LogP contribution in [0.15, 0.2) is 24.3 Å². The molecule has 26 heavy (non-hydrogen) atoms. The third-order valence-corrected chi connectivity index (χ3v) is 6.31. The molecular weight excluding hydrogens is 325 g/mol. The first-order chi connectivity index (χ1) is 12.2. The zero-order chi connectivity index (χ0) is 18.9. The Hall–Kier alpha value is -1.33. The Morgan fingerprint density at radius 2 is 1.69 bits per heavy atom. The average Bonchev–Trinajstić information content (AvgIpc) is 2.81. The van der Waals surface area contributed by atoms with Crippen molar-refractivity contribution in [1.29, 1.82) is 0 Å². The van der Waals surface area contributed by atoms with Crippen LogP contribution in [0, 0.1) is 5.92 Å². The van der Waals surface area contributed by atoms with Crippen molar-refractivity contribution in [3.05, 3.63) is 29.8 Å². The van der Waals surface area contributed by atoms with Gasteiger partial charge in [-0.15, -0.1) is 0 Å². The summed E-state index contributed by atoms with van der Waals surface area (Å²) in [6, 6.07) is 8.19. The van der Waals surface area contributed by atoms with Crippen LogP contribution in [0.1, 0.15) is 59.4 Å². The molecule has 0 radical (unpaired) electrons. The van der Waals surface area contributed by atoms with Crippen molar-refractivity contribution in [1.82, 2.24) is 4.90 Å². The molecule has 2 aliphatic rings. The van der Waals surface area contributed by atoms with Gasteiger partial charge in [-0.1, -0.05) is 31.2 Å². The highest BCUT2D eigenvalue weighted by Crippen LogP contribution is 2.36. The summed E-state index contributed by atoms with van der Waals surface area (Å²) in [6.45, 7) is 12.3. The number of hydrogen-bond acceptors (Lipinski definition) is 3. The molecule has 2 saturated heterocycles. The smallest absolute Gasteiger partial charge is 0.399 e. The van der Waals surface area contributed by atoms with Crippen LogP contribution in [-0.4, -0.2) is 42.2 Å². The normalized spacial score (nSPS) is 22.7. The van der Waals surface area contributed by atoms with Crippen molar-refractivity contribution in [2.24, 2.45) is 5.92 Å². The van der Waals surface area contributed by atoms with Crippen LogP contribution >= 0.6 is 0 Å². The van der Waals surface area contributed by atoms with Crippen molar-refractivity contribution in [2.75, 3.05) is 13.1 Å². The maximum absolute atomic E-state index is 12.6. The Bertz CT molecular complexity index is 634. The number of amides is 1. The van der Waals surface area contributed by atoms with Gasteiger partial charge in [0, 0.05) is 19.5 Å². The number of rotatable bonds is 4. The Morgan fingerprint density at radius 1 is 1.12 bits per heavy atom. The van der Waals surface area contributed by atoms with Gasteiger partial charge in [-0.2, -0.15) is 0 Å². The van der Waals surface area contributed by atoms with Crippen molar-refractivity contribution in [2.45, 2.75) is 71.5 Å². The van der Waals surface area contributed by atoms with E-state index in [1.807, 2.05) is 17.0 Å². The topological polar surface area (TPSA) is 38.8 Å². The van der Waals surface area contributed by atoms with Gasteiger partial charge in [0.05, 0.1) is 11.2 Å². The lowest BCUT2D eigenvalue weighted by molar-refractivity contribution is -0.132. The summed E-state index contributed by atoms with van der Waals surface area (Å²) < 4.78 is 12.4. The van der Waals surface area contributed by atoms with E-state index in [1.165, 1.54) is 0 Å². The Labute approximate surface area is 158 Å². The number of carbonyl (C=O) groups is 1. The largest absolute Gasteiger partial charge is 0.495 e. The molecule has 2 aliphatic heterocycles. The highest BCUT2D eigenvalue weighted by Gasteiger charge is 2.52. The molecule has 142 valence electrons. The summed E-state index contributed by atoms with van der Waals surface area (Å²) in [4.78, 5) is 14.6. The number of aryl methyl sites for hydroxylation is 1. The lowest BCUT2D eigenvalue weighted by atomic mass is 9.75. The molecule has 0 saturated carbocycles.